The predicted molar refractivity (Wildman–Crippen MR) is 111 cm³/mol. The van der Waals surface area contributed by atoms with Gasteiger partial charge in [-0.15, -0.1) is 0 Å². The topological polar surface area (TPSA) is 71.1 Å². The maximum atomic E-state index is 8.83. The number of aliphatic hydroxyl groups excluding tert-OH is 1. The van der Waals surface area contributed by atoms with Gasteiger partial charge in [-0.25, -0.2) is 4.68 Å². The fourth-order valence-corrected chi connectivity index (χ4v) is 2.61. The van der Waals surface area contributed by atoms with Gasteiger partial charge in [-0.1, -0.05) is 48.4 Å². The van der Waals surface area contributed by atoms with Crippen molar-refractivity contribution in [2.45, 2.75) is 58.9 Å². The van der Waals surface area contributed by atoms with Crippen molar-refractivity contribution in [1.29, 1.82) is 5.41 Å². The number of halogens is 1. The van der Waals surface area contributed by atoms with E-state index in [0.29, 0.717) is 5.75 Å². The van der Waals surface area contributed by atoms with Crippen LogP contribution in [0.1, 0.15) is 53.4 Å². The van der Waals surface area contributed by atoms with E-state index in [1.807, 2.05) is 39.8 Å². The molecule has 1 heterocycles. The van der Waals surface area contributed by atoms with Crippen LogP contribution in [0.4, 0.5) is 0 Å². The maximum absolute atomic E-state index is 8.83. The number of hydrogen-bond donors (Lipinski definition) is 2. The largest absolute Gasteiger partial charge is 0.486 e. The van der Waals surface area contributed by atoms with Crippen molar-refractivity contribution in [2.24, 2.45) is 0 Å². The zero-order chi connectivity index (χ0) is 20.4. The molecular formula is C21H32ClN3O2. The van der Waals surface area contributed by atoms with E-state index in [1.54, 1.807) is 10.9 Å². The van der Waals surface area contributed by atoms with Gasteiger partial charge in [0.25, 0.3) is 0 Å². The number of unbranched alkanes of at least 4 members (excludes halogenated alkanes) is 2. The first-order chi connectivity index (χ1) is 12.7. The first-order valence-electron chi connectivity index (χ1n) is 9.28. The normalized spacial score (nSPS) is 12.6. The van der Waals surface area contributed by atoms with Crippen LogP contribution in [0, 0.1) is 5.41 Å². The van der Waals surface area contributed by atoms with Crippen molar-refractivity contribution in [3.63, 3.8) is 0 Å². The molecule has 1 aromatic rings. The van der Waals surface area contributed by atoms with Crippen LogP contribution in [-0.4, -0.2) is 28.1 Å². The summed E-state index contributed by atoms with van der Waals surface area (Å²) in [6.45, 7) is 12.4. The monoisotopic (exact) mass is 393 g/mol. The Bertz CT molecular complexity index is 743. The van der Waals surface area contributed by atoms with E-state index in [1.165, 1.54) is 5.57 Å². The summed E-state index contributed by atoms with van der Waals surface area (Å²) < 4.78 is 7.26. The summed E-state index contributed by atoms with van der Waals surface area (Å²) >= 11 is 6.27. The molecular weight excluding hydrogens is 362 g/mol. The van der Waals surface area contributed by atoms with Crippen molar-refractivity contribution >= 4 is 11.6 Å². The summed E-state index contributed by atoms with van der Waals surface area (Å²) in [6, 6.07) is 0. The standard InChI is InChI=1S/C21H32ClN3O2/c1-6-17(10-8-7-9-13-26)12-11-16(2)15-27-18-14-24-25(21(3,4)5)20(23)19(18)22/h6,11-12,14,23,26H,2,7-10,13,15H2,1,3-5H3/b12-11-,17-6-,23-20?. The third kappa shape index (κ3) is 7.73. The lowest BCUT2D eigenvalue weighted by molar-refractivity contribution is 0.283. The quantitative estimate of drug-likeness (QED) is 0.444. The first kappa shape index (κ1) is 23.2. The van der Waals surface area contributed by atoms with Gasteiger partial charge < -0.3 is 9.84 Å². The molecule has 150 valence electrons. The third-order valence-electron chi connectivity index (χ3n) is 4.00. The Balaban J connectivity index is 2.64. The molecule has 6 heteroatoms. The Morgan fingerprint density at radius 2 is 2.04 bits per heavy atom. The summed E-state index contributed by atoms with van der Waals surface area (Å²) in [7, 11) is 0. The summed E-state index contributed by atoms with van der Waals surface area (Å²) in [5.41, 5.74) is 1.83. The highest BCUT2D eigenvalue weighted by Crippen LogP contribution is 2.21. The van der Waals surface area contributed by atoms with E-state index in [9.17, 15) is 0 Å². The van der Waals surface area contributed by atoms with Gasteiger partial charge in [0.05, 0.1) is 11.7 Å². The zero-order valence-electron chi connectivity index (χ0n) is 16.9. The van der Waals surface area contributed by atoms with E-state index >= 15 is 0 Å². The van der Waals surface area contributed by atoms with Gasteiger partial charge in [-0.3, -0.25) is 5.41 Å². The molecule has 0 aliphatic carbocycles. The molecule has 0 atom stereocenters. The molecule has 0 unspecified atom stereocenters. The third-order valence-corrected chi connectivity index (χ3v) is 4.37. The number of nitrogens with zero attached hydrogens (tertiary/aromatic N) is 2. The number of ether oxygens (including phenoxy) is 1. The van der Waals surface area contributed by atoms with Crippen molar-refractivity contribution in [3.8, 4) is 5.75 Å². The summed E-state index contributed by atoms with van der Waals surface area (Å²) in [5, 5.41) is 21.5. The second kappa shape index (κ2) is 11.1. The van der Waals surface area contributed by atoms with Gasteiger partial charge in [0.15, 0.2) is 11.2 Å². The van der Waals surface area contributed by atoms with Gasteiger partial charge in [0, 0.05) is 6.61 Å². The molecule has 0 aromatic carbocycles. The van der Waals surface area contributed by atoms with Crippen LogP contribution >= 0.6 is 11.6 Å². The Labute approximate surface area is 167 Å². The van der Waals surface area contributed by atoms with Crippen LogP contribution in [0.15, 0.2) is 42.2 Å². The van der Waals surface area contributed by atoms with Gasteiger partial charge in [-0.2, -0.15) is 5.10 Å². The molecule has 27 heavy (non-hydrogen) atoms. The van der Waals surface area contributed by atoms with Crippen LogP contribution in [0.3, 0.4) is 0 Å². The highest BCUT2D eigenvalue weighted by atomic mass is 35.5. The smallest absolute Gasteiger partial charge is 0.164 e. The van der Waals surface area contributed by atoms with E-state index in [4.69, 9.17) is 26.9 Å². The number of hydrogen-bond acceptors (Lipinski definition) is 4. The van der Waals surface area contributed by atoms with Gasteiger partial charge in [0.2, 0.25) is 0 Å². The molecule has 0 saturated carbocycles. The minimum absolute atomic E-state index is 0.127. The summed E-state index contributed by atoms with van der Waals surface area (Å²) in [5.74, 6) is 0.381. The fourth-order valence-electron chi connectivity index (χ4n) is 2.43. The molecule has 1 aromatic heterocycles. The predicted octanol–water partition coefficient (Wildman–Crippen LogP) is 4.76. The average Bonchev–Trinajstić information content (AvgIpc) is 2.61. The van der Waals surface area contributed by atoms with Crippen molar-refractivity contribution in [2.75, 3.05) is 13.2 Å². The van der Waals surface area contributed by atoms with Crippen LogP contribution in [0.5, 0.6) is 5.75 Å². The molecule has 5 nitrogen and oxygen atoms in total. The maximum Gasteiger partial charge on any atom is 0.164 e. The summed E-state index contributed by atoms with van der Waals surface area (Å²) in [6.07, 6.45) is 11.5. The molecule has 0 aliphatic rings. The first-order valence-corrected chi connectivity index (χ1v) is 9.66. The molecule has 0 fully saturated rings. The van der Waals surface area contributed by atoms with Crippen LogP contribution < -0.4 is 10.2 Å². The second-order valence-corrected chi connectivity index (χ2v) is 7.81. The van der Waals surface area contributed by atoms with Gasteiger partial charge in [0.1, 0.15) is 11.6 Å². The highest BCUT2D eigenvalue weighted by molar-refractivity contribution is 6.31. The molecule has 0 spiro atoms. The number of nitrogens with one attached hydrogen (secondary N) is 1. The SMILES string of the molecule is C=C(/C=C\C(=C/C)CCCCCO)COc1cnn(C(C)(C)C)c(=N)c1Cl. The van der Waals surface area contributed by atoms with Crippen molar-refractivity contribution in [1.82, 2.24) is 9.78 Å². The van der Waals surface area contributed by atoms with Crippen molar-refractivity contribution in [3.05, 3.63) is 52.7 Å². The molecule has 0 aliphatic heterocycles. The van der Waals surface area contributed by atoms with E-state index in [0.717, 1.165) is 31.3 Å². The molecule has 1 rings (SSSR count). The Morgan fingerprint density at radius 3 is 2.63 bits per heavy atom. The van der Waals surface area contributed by atoms with Gasteiger partial charge in [-0.05, 0) is 52.5 Å². The molecule has 0 bridgehead atoms. The lowest BCUT2D eigenvalue weighted by Gasteiger charge is -2.22. The van der Waals surface area contributed by atoms with E-state index in [2.05, 4.69) is 17.8 Å². The molecule has 2 N–H and O–H groups in total. The lowest BCUT2D eigenvalue weighted by atomic mass is 10.1. The summed E-state index contributed by atoms with van der Waals surface area (Å²) in [4.78, 5) is 0. The molecule has 0 radical (unpaired) electrons. The number of aromatic nitrogens is 2. The zero-order valence-corrected chi connectivity index (χ0v) is 17.6. The lowest BCUT2D eigenvalue weighted by Crippen LogP contribution is -2.36. The Morgan fingerprint density at radius 1 is 1.33 bits per heavy atom. The minimum Gasteiger partial charge on any atom is -0.486 e. The van der Waals surface area contributed by atoms with Crippen molar-refractivity contribution < 1.29 is 9.84 Å². The average molecular weight is 394 g/mol. The second-order valence-electron chi connectivity index (χ2n) is 7.43. The number of allylic oxidation sites excluding steroid dienone is 3. The van der Waals surface area contributed by atoms with Crippen LogP contribution in [-0.2, 0) is 5.54 Å². The van der Waals surface area contributed by atoms with E-state index in [-0.39, 0.29) is 29.3 Å². The highest BCUT2D eigenvalue weighted by Gasteiger charge is 2.18. The minimum atomic E-state index is -0.328. The number of aliphatic hydroxyl groups is 1. The van der Waals surface area contributed by atoms with E-state index < -0.39 is 0 Å². The van der Waals surface area contributed by atoms with Crippen LogP contribution in [0.25, 0.3) is 0 Å². The Hall–Kier alpha value is -1.85. The fraction of sp³-hybridized carbons (Fsp3) is 0.524. The molecule has 0 saturated heterocycles. The van der Waals surface area contributed by atoms with Gasteiger partial charge >= 0.3 is 0 Å². The molecule has 0 amide bonds. The number of rotatable bonds is 10. The van der Waals surface area contributed by atoms with Crippen LogP contribution in [0.2, 0.25) is 5.02 Å². The Kier molecular flexibility index (Phi) is 9.53.